The SMILES string of the molecule is Cc1cccc(N(C2=CCCCC=C2)c2ccc(N(c3ccc(N(c4ccccc4)c4cccc(C)c4)cc3)c3ccc(N(c4ccccc4)c4cccc(C)c4)cc3)cc2)c1. The zero-order chi connectivity index (χ0) is 42.3. The number of aryl methyl sites for hydroxylation is 3. The van der Waals surface area contributed by atoms with E-state index in [1.165, 1.54) is 22.4 Å². The summed E-state index contributed by atoms with van der Waals surface area (Å²) in [6, 6.07) is 74.4. The molecule has 4 nitrogen and oxygen atoms in total. The maximum absolute atomic E-state index is 2.39. The van der Waals surface area contributed by atoms with Crippen molar-refractivity contribution in [3.63, 3.8) is 0 Å². The van der Waals surface area contributed by atoms with Crippen molar-refractivity contribution < 1.29 is 0 Å². The lowest BCUT2D eigenvalue weighted by molar-refractivity contribution is 0.873. The third-order valence-electron chi connectivity index (χ3n) is 11.4. The van der Waals surface area contributed by atoms with Crippen molar-refractivity contribution >= 4 is 62.6 Å². The van der Waals surface area contributed by atoms with Gasteiger partial charge in [-0.05, 0) is 196 Å². The number of anilines is 11. The molecule has 0 radical (unpaired) electrons. The molecule has 4 heteroatoms. The average Bonchev–Trinajstić information content (AvgIpc) is 3.59. The summed E-state index contributed by atoms with van der Waals surface area (Å²) in [5, 5.41) is 0. The largest absolute Gasteiger partial charge is 0.311 e. The highest BCUT2D eigenvalue weighted by molar-refractivity contribution is 5.84. The Bertz CT molecular complexity index is 2660. The van der Waals surface area contributed by atoms with Gasteiger partial charge in [-0.15, -0.1) is 0 Å². The van der Waals surface area contributed by atoms with E-state index < -0.39 is 0 Å². The van der Waals surface area contributed by atoms with E-state index in [4.69, 9.17) is 0 Å². The monoisotopic (exact) mass is 804 g/mol. The average molecular weight is 805 g/mol. The summed E-state index contributed by atoms with van der Waals surface area (Å²) in [7, 11) is 0. The third kappa shape index (κ3) is 8.82. The van der Waals surface area contributed by atoms with Gasteiger partial charge >= 0.3 is 0 Å². The molecular weight excluding hydrogens is 753 g/mol. The zero-order valence-electron chi connectivity index (χ0n) is 35.8. The van der Waals surface area contributed by atoms with Gasteiger partial charge in [-0.25, -0.2) is 0 Å². The molecule has 9 rings (SSSR count). The first-order chi connectivity index (χ1) is 30.5. The minimum Gasteiger partial charge on any atom is -0.311 e. The van der Waals surface area contributed by atoms with Crippen molar-refractivity contribution in [3.8, 4) is 0 Å². The van der Waals surface area contributed by atoms with Crippen LogP contribution >= 0.6 is 0 Å². The second-order valence-corrected chi connectivity index (χ2v) is 16.0. The molecule has 0 amide bonds. The molecule has 0 fully saturated rings. The number of rotatable bonds is 12. The second kappa shape index (κ2) is 18.4. The predicted octanol–water partition coefficient (Wildman–Crippen LogP) is 16.8. The predicted molar refractivity (Wildman–Crippen MR) is 264 cm³/mol. The summed E-state index contributed by atoms with van der Waals surface area (Å²) in [6.45, 7) is 6.46. The Kier molecular flexibility index (Phi) is 11.8. The molecule has 0 heterocycles. The fourth-order valence-electron chi connectivity index (χ4n) is 8.42. The lowest BCUT2D eigenvalue weighted by Crippen LogP contribution is -2.16. The van der Waals surface area contributed by atoms with Gasteiger partial charge in [0.1, 0.15) is 0 Å². The highest BCUT2D eigenvalue weighted by Crippen LogP contribution is 2.42. The fourth-order valence-corrected chi connectivity index (χ4v) is 8.42. The van der Waals surface area contributed by atoms with E-state index in [2.05, 4.69) is 265 Å². The van der Waals surface area contributed by atoms with Crippen molar-refractivity contribution in [1.82, 2.24) is 0 Å². The standard InChI is InChI=1S/C58H52N4/c1-44-17-14-26-56(41-44)60(47-20-8-4-5-9-21-47)53-35-29-50(30-36-53)59(51-31-37-54(38-32-51)61(48-22-10-6-11-23-48)57-27-15-18-45(2)42-57)52-33-39-55(40-34-52)62(49-24-12-7-13-25-49)58-28-16-19-46(3)43-58/h6-8,10-43H,4-5,9H2,1-3H3. The fraction of sp³-hybridized carbons (Fsp3) is 0.103. The van der Waals surface area contributed by atoms with Crippen LogP contribution in [0.15, 0.2) is 230 Å². The van der Waals surface area contributed by atoms with Crippen molar-refractivity contribution in [2.75, 3.05) is 19.6 Å². The van der Waals surface area contributed by atoms with Gasteiger partial charge in [0.15, 0.2) is 0 Å². The van der Waals surface area contributed by atoms with E-state index in [0.717, 1.165) is 81.8 Å². The summed E-state index contributed by atoms with van der Waals surface area (Å²) in [4.78, 5) is 9.40. The second-order valence-electron chi connectivity index (χ2n) is 16.0. The van der Waals surface area contributed by atoms with Crippen molar-refractivity contribution in [3.05, 3.63) is 247 Å². The first-order valence-corrected chi connectivity index (χ1v) is 21.7. The molecular formula is C58H52N4. The molecule has 0 unspecified atom stereocenters. The Labute approximate surface area is 367 Å². The van der Waals surface area contributed by atoms with Gasteiger partial charge in [-0.3, -0.25) is 0 Å². The van der Waals surface area contributed by atoms with Gasteiger partial charge < -0.3 is 19.6 Å². The lowest BCUT2D eigenvalue weighted by atomic mass is 10.1. The highest BCUT2D eigenvalue weighted by Gasteiger charge is 2.20. The number of allylic oxidation sites excluding steroid dienone is 3. The highest BCUT2D eigenvalue weighted by atomic mass is 15.2. The minimum absolute atomic E-state index is 1.06. The normalized spacial score (nSPS) is 12.3. The first-order valence-electron chi connectivity index (χ1n) is 21.7. The summed E-state index contributed by atoms with van der Waals surface area (Å²) in [6.07, 6.45) is 10.3. The number of para-hydroxylation sites is 2. The van der Waals surface area contributed by atoms with Crippen LogP contribution in [0.3, 0.4) is 0 Å². The van der Waals surface area contributed by atoms with Crippen LogP contribution in [0.25, 0.3) is 0 Å². The van der Waals surface area contributed by atoms with Crippen LogP contribution in [0.5, 0.6) is 0 Å². The van der Waals surface area contributed by atoms with E-state index in [-0.39, 0.29) is 0 Å². The third-order valence-corrected chi connectivity index (χ3v) is 11.4. The van der Waals surface area contributed by atoms with E-state index in [0.29, 0.717) is 0 Å². The summed E-state index contributed by atoms with van der Waals surface area (Å²) in [5.41, 5.74) is 17.0. The van der Waals surface area contributed by atoms with Crippen LogP contribution in [0.4, 0.5) is 62.6 Å². The van der Waals surface area contributed by atoms with Crippen molar-refractivity contribution in [1.29, 1.82) is 0 Å². The molecule has 8 aromatic carbocycles. The Morgan fingerprint density at radius 1 is 0.290 bits per heavy atom. The van der Waals surface area contributed by atoms with Crippen LogP contribution < -0.4 is 19.6 Å². The Morgan fingerprint density at radius 2 is 0.597 bits per heavy atom. The van der Waals surface area contributed by atoms with Crippen LogP contribution in [-0.4, -0.2) is 0 Å². The number of hydrogen-bond acceptors (Lipinski definition) is 4. The zero-order valence-corrected chi connectivity index (χ0v) is 35.8. The minimum atomic E-state index is 1.06. The maximum Gasteiger partial charge on any atom is 0.0464 e. The number of benzene rings is 8. The van der Waals surface area contributed by atoms with Crippen LogP contribution in [0, 0.1) is 20.8 Å². The van der Waals surface area contributed by atoms with Gasteiger partial charge in [-0.2, -0.15) is 0 Å². The molecule has 0 aliphatic heterocycles. The topological polar surface area (TPSA) is 13.0 Å². The van der Waals surface area contributed by atoms with E-state index in [1.54, 1.807) is 0 Å². The van der Waals surface area contributed by atoms with Gasteiger partial charge in [0.05, 0.1) is 0 Å². The van der Waals surface area contributed by atoms with Gasteiger partial charge in [0, 0.05) is 68.3 Å². The van der Waals surface area contributed by atoms with E-state index in [9.17, 15) is 0 Å². The molecule has 0 saturated heterocycles. The van der Waals surface area contributed by atoms with Crippen molar-refractivity contribution in [2.45, 2.75) is 40.0 Å². The summed E-state index contributed by atoms with van der Waals surface area (Å²) < 4.78 is 0. The quantitative estimate of drug-likeness (QED) is 0.122. The molecule has 0 spiro atoms. The van der Waals surface area contributed by atoms with Crippen LogP contribution in [0.2, 0.25) is 0 Å². The summed E-state index contributed by atoms with van der Waals surface area (Å²) >= 11 is 0. The molecule has 0 aromatic heterocycles. The first kappa shape index (κ1) is 39.9. The maximum atomic E-state index is 2.39. The molecule has 62 heavy (non-hydrogen) atoms. The molecule has 0 saturated carbocycles. The van der Waals surface area contributed by atoms with Crippen molar-refractivity contribution in [2.24, 2.45) is 0 Å². The molecule has 0 bridgehead atoms. The molecule has 1 aliphatic rings. The smallest absolute Gasteiger partial charge is 0.0464 e. The molecule has 0 atom stereocenters. The van der Waals surface area contributed by atoms with Gasteiger partial charge in [0.25, 0.3) is 0 Å². The van der Waals surface area contributed by atoms with Crippen LogP contribution in [0.1, 0.15) is 36.0 Å². The number of nitrogens with zero attached hydrogens (tertiary/aromatic N) is 4. The lowest BCUT2D eigenvalue weighted by Gasteiger charge is -2.30. The van der Waals surface area contributed by atoms with E-state index >= 15 is 0 Å². The Hall–Kier alpha value is -7.56. The van der Waals surface area contributed by atoms with Gasteiger partial charge in [0.2, 0.25) is 0 Å². The summed E-state index contributed by atoms with van der Waals surface area (Å²) in [5.74, 6) is 0. The Balaban J connectivity index is 1.14. The van der Waals surface area contributed by atoms with Crippen LogP contribution in [-0.2, 0) is 0 Å². The van der Waals surface area contributed by atoms with Gasteiger partial charge in [-0.1, -0.05) is 84.9 Å². The number of hydrogen-bond donors (Lipinski definition) is 0. The molecule has 304 valence electrons. The van der Waals surface area contributed by atoms with E-state index in [1.807, 2.05) is 0 Å². The molecule has 1 aliphatic carbocycles. The molecule has 8 aromatic rings. The molecule has 0 N–H and O–H groups in total. The Morgan fingerprint density at radius 3 is 0.968 bits per heavy atom.